The summed E-state index contributed by atoms with van der Waals surface area (Å²) in [6.07, 6.45) is 0. The molecule has 258 valence electrons. The molecule has 8 nitrogen and oxygen atoms in total. The van der Waals surface area contributed by atoms with Gasteiger partial charge in [-0.25, -0.2) is 15.0 Å². The van der Waals surface area contributed by atoms with Crippen LogP contribution in [0.5, 0.6) is 0 Å². The zero-order valence-corrected chi connectivity index (χ0v) is 28.9. The minimum atomic E-state index is -0.262. The molecule has 0 aliphatic carbocycles. The third kappa shape index (κ3) is 4.82. The maximum Gasteiger partial charge on any atom is 0.200 e. The number of aromatic nitrogens is 4. The Balaban J connectivity index is 1.11. The predicted molar refractivity (Wildman–Crippen MR) is 218 cm³/mol. The first-order valence-electron chi connectivity index (χ1n) is 17.9. The fourth-order valence-corrected chi connectivity index (χ4v) is 7.66. The summed E-state index contributed by atoms with van der Waals surface area (Å²) >= 11 is 0. The van der Waals surface area contributed by atoms with Crippen molar-refractivity contribution in [2.45, 2.75) is 0 Å². The molecule has 0 radical (unpaired) electrons. The summed E-state index contributed by atoms with van der Waals surface area (Å²) in [7, 11) is 0. The average molecular weight is 711 g/mol. The summed E-state index contributed by atoms with van der Waals surface area (Å²) in [5, 5.41) is 3.65. The van der Waals surface area contributed by atoms with Gasteiger partial charge < -0.3 is 13.4 Å². The molecular formula is C47H26N4O4. The summed E-state index contributed by atoms with van der Waals surface area (Å²) in [5.74, 6) is 1.33. The van der Waals surface area contributed by atoms with E-state index in [-0.39, 0.29) is 16.4 Å². The molecule has 8 heteroatoms. The van der Waals surface area contributed by atoms with Crippen LogP contribution >= 0.6 is 0 Å². The summed E-state index contributed by atoms with van der Waals surface area (Å²) in [6.45, 7) is 0. The molecule has 0 atom stereocenters. The molecular weight excluding hydrogens is 685 g/mol. The van der Waals surface area contributed by atoms with Crippen molar-refractivity contribution in [3.05, 3.63) is 178 Å². The van der Waals surface area contributed by atoms with Crippen molar-refractivity contribution in [3.8, 4) is 39.9 Å². The largest absolute Gasteiger partial charge is 0.456 e. The minimum Gasteiger partial charge on any atom is -0.456 e. The van der Waals surface area contributed by atoms with Gasteiger partial charge in [-0.15, -0.1) is 0 Å². The van der Waals surface area contributed by atoms with Crippen LogP contribution < -0.4 is 10.9 Å². The number of rotatable bonds is 4. The normalized spacial score (nSPS) is 11.8. The standard InChI is InChI=1S/C47H26N4O4/c52-42-32-23-22-29(51-37-20-9-7-16-30(37)31-17-8-10-21-38(31)51)24-39(32)54-40-25-36-41(26-35(40)42)55-44-33(43(36)53)18-11-19-34(44)47-49-45(27-12-3-1-4-13-27)48-46(50-47)28-14-5-2-6-15-28/h1-26H. The molecule has 0 aliphatic rings. The Hall–Kier alpha value is -7.71. The second kappa shape index (κ2) is 11.9. The highest BCUT2D eigenvalue weighted by Crippen LogP contribution is 2.35. The lowest BCUT2D eigenvalue weighted by molar-refractivity contribution is 0.652. The average Bonchev–Trinajstić information content (AvgIpc) is 3.58. The van der Waals surface area contributed by atoms with E-state index in [2.05, 4.69) is 28.8 Å². The number of hydrogen-bond donors (Lipinski definition) is 0. The molecule has 11 rings (SSSR count). The van der Waals surface area contributed by atoms with Crippen molar-refractivity contribution in [1.82, 2.24) is 19.5 Å². The first-order valence-corrected chi connectivity index (χ1v) is 17.9. The van der Waals surface area contributed by atoms with E-state index in [1.807, 2.05) is 103 Å². The van der Waals surface area contributed by atoms with E-state index in [0.717, 1.165) is 38.6 Å². The number of fused-ring (bicyclic) bond motifs is 7. The van der Waals surface area contributed by atoms with Crippen molar-refractivity contribution in [2.75, 3.05) is 0 Å². The summed E-state index contributed by atoms with van der Waals surface area (Å²) < 4.78 is 15.2. The van der Waals surface area contributed by atoms with Gasteiger partial charge in [-0.2, -0.15) is 0 Å². The highest BCUT2D eigenvalue weighted by Gasteiger charge is 2.20. The fraction of sp³-hybridized carbons (Fsp3) is 0. The molecule has 4 heterocycles. The van der Waals surface area contributed by atoms with Crippen LogP contribution in [0.15, 0.2) is 176 Å². The lowest BCUT2D eigenvalue weighted by Crippen LogP contribution is -2.07. The minimum absolute atomic E-state index is 0.222. The molecule has 11 aromatic rings. The molecule has 0 fully saturated rings. The quantitative estimate of drug-likeness (QED) is 0.167. The van der Waals surface area contributed by atoms with E-state index in [0.29, 0.717) is 61.3 Å². The van der Waals surface area contributed by atoms with Gasteiger partial charge >= 0.3 is 0 Å². The van der Waals surface area contributed by atoms with Gasteiger partial charge in [0.25, 0.3) is 0 Å². The van der Waals surface area contributed by atoms with Crippen LogP contribution in [-0.2, 0) is 0 Å². The Morgan fingerprint density at radius 1 is 0.400 bits per heavy atom. The van der Waals surface area contributed by atoms with Crippen molar-refractivity contribution < 1.29 is 8.83 Å². The maximum absolute atomic E-state index is 14.3. The van der Waals surface area contributed by atoms with E-state index in [4.69, 9.17) is 23.8 Å². The number of hydrogen-bond acceptors (Lipinski definition) is 7. The van der Waals surface area contributed by atoms with Gasteiger partial charge in [0.1, 0.15) is 22.3 Å². The third-order valence-electron chi connectivity index (χ3n) is 10.3. The summed E-state index contributed by atoms with van der Waals surface area (Å²) in [4.78, 5) is 42.9. The number of para-hydroxylation sites is 3. The van der Waals surface area contributed by atoms with Gasteiger partial charge in [-0.3, -0.25) is 9.59 Å². The van der Waals surface area contributed by atoms with Crippen molar-refractivity contribution in [3.63, 3.8) is 0 Å². The number of benzene rings is 7. The Labute approximate surface area is 311 Å². The smallest absolute Gasteiger partial charge is 0.200 e. The van der Waals surface area contributed by atoms with Gasteiger partial charge in [0.2, 0.25) is 10.9 Å². The molecule has 0 unspecified atom stereocenters. The van der Waals surface area contributed by atoms with Crippen LogP contribution in [-0.4, -0.2) is 19.5 Å². The SMILES string of the molecule is O=c1c2ccc(-n3c4ccccc4c4ccccc43)cc2oc2cc3c(=O)c4cccc(-c5nc(-c6ccccc6)nc(-c6ccccc6)n5)c4oc3cc12. The monoisotopic (exact) mass is 710 g/mol. The zero-order chi connectivity index (χ0) is 36.6. The first kappa shape index (κ1) is 30.9. The van der Waals surface area contributed by atoms with E-state index in [9.17, 15) is 9.59 Å². The summed E-state index contributed by atoms with van der Waals surface area (Å²) in [6, 6.07) is 50.0. The third-order valence-corrected chi connectivity index (χ3v) is 10.3. The van der Waals surface area contributed by atoms with Gasteiger partial charge in [-0.05, 0) is 48.5 Å². The van der Waals surface area contributed by atoms with E-state index >= 15 is 0 Å². The van der Waals surface area contributed by atoms with Crippen molar-refractivity contribution in [1.29, 1.82) is 0 Å². The van der Waals surface area contributed by atoms with Gasteiger partial charge in [-0.1, -0.05) is 103 Å². The molecule has 0 saturated heterocycles. The Morgan fingerprint density at radius 2 is 0.909 bits per heavy atom. The Kier molecular flexibility index (Phi) is 6.69. The van der Waals surface area contributed by atoms with Gasteiger partial charge in [0, 0.05) is 33.7 Å². The predicted octanol–water partition coefficient (Wildman–Crippen LogP) is 10.5. The van der Waals surface area contributed by atoms with E-state index < -0.39 is 0 Å². The molecule has 0 saturated carbocycles. The van der Waals surface area contributed by atoms with Crippen LogP contribution in [0.1, 0.15) is 0 Å². The second-order valence-corrected chi connectivity index (χ2v) is 13.5. The molecule has 0 N–H and O–H groups in total. The van der Waals surface area contributed by atoms with Gasteiger partial charge in [0.15, 0.2) is 17.5 Å². The molecule has 0 amide bonds. The van der Waals surface area contributed by atoms with Crippen LogP contribution in [0.3, 0.4) is 0 Å². The van der Waals surface area contributed by atoms with Crippen LogP contribution in [0.4, 0.5) is 0 Å². The van der Waals surface area contributed by atoms with Crippen LogP contribution in [0.2, 0.25) is 0 Å². The lowest BCUT2D eigenvalue weighted by atomic mass is 10.1. The molecule has 55 heavy (non-hydrogen) atoms. The zero-order valence-electron chi connectivity index (χ0n) is 28.9. The highest BCUT2D eigenvalue weighted by atomic mass is 16.3. The first-order chi connectivity index (χ1) is 27.1. The summed E-state index contributed by atoms with van der Waals surface area (Å²) in [5.41, 5.74) is 5.92. The Bertz CT molecular complexity index is 3370. The molecule has 0 spiro atoms. The van der Waals surface area contributed by atoms with Gasteiger partial charge in [0.05, 0.1) is 38.1 Å². The number of nitrogens with zero attached hydrogens (tertiary/aromatic N) is 4. The Morgan fingerprint density at radius 3 is 1.55 bits per heavy atom. The maximum atomic E-state index is 14.3. The molecule has 0 bridgehead atoms. The second-order valence-electron chi connectivity index (χ2n) is 13.5. The van der Waals surface area contributed by atoms with Crippen molar-refractivity contribution in [2.24, 2.45) is 0 Å². The fourth-order valence-electron chi connectivity index (χ4n) is 7.66. The van der Waals surface area contributed by atoms with Crippen molar-refractivity contribution >= 4 is 65.7 Å². The van der Waals surface area contributed by atoms with E-state index in [1.54, 1.807) is 30.3 Å². The van der Waals surface area contributed by atoms with E-state index in [1.165, 1.54) is 0 Å². The molecule has 0 aliphatic heterocycles. The molecule has 4 aromatic heterocycles. The highest BCUT2D eigenvalue weighted by molar-refractivity contribution is 6.09. The van der Waals surface area contributed by atoms with Crippen LogP contribution in [0, 0.1) is 0 Å². The topological polar surface area (TPSA) is 104 Å². The molecule has 7 aromatic carbocycles. The van der Waals surface area contributed by atoms with Crippen LogP contribution in [0.25, 0.3) is 106 Å². The lowest BCUT2D eigenvalue weighted by Gasteiger charge is -2.11.